The molecule has 0 atom stereocenters. The first-order valence-corrected chi connectivity index (χ1v) is 4.20. The number of aldehydes is 1. The Morgan fingerprint density at radius 3 is 2.86 bits per heavy atom. The zero-order valence-corrected chi connectivity index (χ0v) is 7.71. The molecule has 2 heterocycles. The predicted molar refractivity (Wildman–Crippen MR) is 51.8 cm³/mol. The van der Waals surface area contributed by atoms with Gasteiger partial charge in [0.05, 0.1) is 6.20 Å². The van der Waals surface area contributed by atoms with Crippen molar-refractivity contribution in [3.63, 3.8) is 0 Å². The number of carbonyl (C=O) groups excluding carboxylic acids is 1. The highest BCUT2D eigenvalue weighted by Crippen LogP contribution is 2.15. The predicted octanol–water partition coefficient (Wildman–Crippen LogP) is 1.29. The van der Waals surface area contributed by atoms with Gasteiger partial charge in [0.25, 0.3) is 0 Å². The van der Waals surface area contributed by atoms with Gasteiger partial charge in [-0.15, -0.1) is 0 Å². The van der Waals surface area contributed by atoms with Crippen molar-refractivity contribution < 1.29 is 4.79 Å². The normalized spacial score (nSPS) is 10.1. The van der Waals surface area contributed by atoms with Gasteiger partial charge in [-0.2, -0.15) is 0 Å². The summed E-state index contributed by atoms with van der Waals surface area (Å²) in [6, 6.07) is 3.74. The van der Waals surface area contributed by atoms with E-state index in [0.717, 1.165) is 17.7 Å². The van der Waals surface area contributed by atoms with E-state index < -0.39 is 0 Å². The molecule has 0 aliphatic rings. The summed E-state index contributed by atoms with van der Waals surface area (Å²) in [5.41, 5.74) is 1.46. The van der Waals surface area contributed by atoms with Gasteiger partial charge in [0, 0.05) is 25.0 Å². The molecular formula is C10H9N3O. The minimum absolute atomic E-state index is 0.559. The summed E-state index contributed by atoms with van der Waals surface area (Å²) in [7, 11) is 1.80. The summed E-state index contributed by atoms with van der Waals surface area (Å²) in [6.45, 7) is 0. The molecule has 0 spiro atoms. The van der Waals surface area contributed by atoms with Crippen LogP contribution in [0.25, 0.3) is 11.4 Å². The van der Waals surface area contributed by atoms with Crippen LogP contribution in [0.15, 0.2) is 30.7 Å². The highest BCUT2D eigenvalue weighted by Gasteiger charge is 2.06. The van der Waals surface area contributed by atoms with Crippen molar-refractivity contribution in [3.8, 4) is 11.4 Å². The van der Waals surface area contributed by atoms with Gasteiger partial charge in [0.15, 0.2) is 6.29 Å². The third kappa shape index (κ3) is 1.31. The number of aromatic nitrogens is 3. The Balaban J connectivity index is 2.53. The topological polar surface area (TPSA) is 47.8 Å². The molecule has 0 radical (unpaired) electrons. The summed E-state index contributed by atoms with van der Waals surface area (Å²) in [5, 5.41) is 0. The van der Waals surface area contributed by atoms with Crippen molar-refractivity contribution in [2.45, 2.75) is 0 Å². The SMILES string of the molecule is Cn1c(C=O)cnc1-c1cccnc1. The largest absolute Gasteiger partial charge is 0.325 e. The zero-order chi connectivity index (χ0) is 9.97. The first-order chi connectivity index (χ1) is 6.83. The third-order valence-electron chi connectivity index (χ3n) is 2.06. The van der Waals surface area contributed by atoms with Crippen LogP contribution in [0.5, 0.6) is 0 Å². The third-order valence-corrected chi connectivity index (χ3v) is 2.06. The maximum absolute atomic E-state index is 10.6. The fourth-order valence-corrected chi connectivity index (χ4v) is 1.30. The van der Waals surface area contributed by atoms with Crippen molar-refractivity contribution in [3.05, 3.63) is 36.4 Å². The average molecular weight is 187 g/mol. The number of hydrogen-bond acceptors (Lipinski definition) is 3. The molecule has 2 aromatic heterocycles. The summed E-state index contributed by atoms with van der Waals surface area (Å²) >= 11 is 0. The van der Waals surface area contributed by atoms with E-state index >= 15 is 0 Å². The highest BCUT2D eigenvalue weighted by molar-refractivity contribution is 5.74. The van der Waals surface area contributed by atoms with Crippen molar-refractivity contribution >= 4 is 6.29 Å². The van der Waals surface area contributed by atoms with Crippen LogP contribution in [0, 0.1) is 0 Å². The van der Waals surface area contributed by atoms with Gasteiger partial charge in [-0.1, -0.05) is 0 Å². The van der Waals surface area contributed by atoms with Crippen LogP contribution in [0.2, 0.25) is 0 Å². The van der Waals surface area contributed by atoms with Gasteiger partial charge in [-0.05, 0) is 12.1 Å². The summed E-state index contributed by atoms with van der Waals surface area (Å²) in [6.07, 6.45) is 5.76. The lowest BCUT2D eigenvalue weighted by molar-refractivity contribution is 0.111. The van der Waals surface area contributed by atoms with Gasteiger partial charge < -0.3 is 4.57 Å². The fourth-order valence-electron chi connectivity index (χ4n) is 1.30. The molecule has 0 aromatic carbocycles. The van der Waals surface area contributed by atoms with Gasteiger partial charge in [-0.3, -0.25) is 9.78 Å². The van der Waals surface area contributed by atoms with E-state index in [9.17, 15) is 4.79 Å². The lowest BCUT2D eigenvalue weighted by Crippen LogP contribution is -1.97. The number of hydrogen-bond donors (Lipinski definition) is 0. The second-order valence-corrected chi connectivity index (χ2v) is 2.93. The maximum atomic E-state index is 10.6. The Kier molecular flexibility index (Phi) is 2.10. The molecule has 4 heteroatoms. The fraction of sp³-hybridized carbons (Fsp3) is 0.100. The van der Waals surface area contributed by atoms with Crippen molar-refractivity contribution in [2.24, 2.45) is 7.05 Å². The van der Waals surface area contributed by atoms with E-state index in [-0.39, 0.29) is 0 Å². The van der Waals surface area contributed by atoms with E-state index in [0.29, 0.717) is 5.69 Å². The van der Waals surface area contributed by atoms with Crippen LogP contribution in [-0.4, -0.2) is 20.8 Å². The van der Waals surface area contributed by atoms with Crippen LogP contribution in [-0.2, 0) is 7.05 Å². The molecule has 70 valence electrons. The van der Waals surface area contributed by atoms with Crippen LogP contribution in [0.3, 0.4) is 0 Å². The van der Waals surface area contributed by atoms with Crippen molar-refractivity contribution in [2.75, 3.05) is 0 Å². The molecule has 0 unspecified atom stereocenters. The Labute approximate surface area is 81.2 Å². The first-order valence-electron chi connectivity index (χ1n) is 4.20. The van der Waals surface area contributed by atoms with Gasteiger partial charge >= 0.3 is 0 Å². The molecule has 0 saturated heterocycles. The number of imidazole rings is 1. The molecular weight excluding hydrogens is 178 g/mol. The minimum Gasteiger partial charge on any atom is -0.325 e. The lowest BCUT2D eigenvalue weighted by Gasteiger charge is -2.01. The van der Waals surface area contributed by atoms with E-state index in [1.54, 1.807) is 30.2 Å². The smallest absolute Gasteiger partial charge is 0.168 e. The van der Waals surface area contributed by atoms with Gasteiger partial charge in [-0.25, -0.2) is 4.98 Å². The van der Waals surface area contributed by atoms with E-state index in [1.165, 1.54) is 0 Å². The van der Waals surface area contributed by atoms with Crippen molar-refractivity contribution in [1.82, 2.24) is 14.5 Å². The maximum Gasteiger partial charge on any atom is 0.168 e. The first kappa shape index (κ1) is 8.62. The second-order valence-electron chi connectivity index (χ2n) is 2.93. The molecule has 0 bridgehead atoms. The Hall–Kier alpha value is -1.97. The van der Waals surface area contributed by atoms with E-state index in [1.807, 2.05) is 12.1 Å². The van der Waals surface area contributed by atoms with E-state index in [4.69, 9.17) is 0 Å². The highest BCUT2D eigenvalue weighted by atomic mass is 16.1. The molecule has 0 saturated carbocycles. The number of pyridine rings is 1. The Morgan fingerprint density at radius 2 is 2.29 bits per heavy atom. The summed E-state index contributed by atoms with van der Waals surface area (Å²) < 4.78 is 1.74. The summed E-state index contributed by atoms with van der Waals surface area (Å²) in [4.78, 5) is 18.7. The average Bonchev–Trinajstić information content (AvgIpc) is 2.61. The lowest BCUT2D eigenvalue weighted by atomic mass is 10.3. The quantitative estimate of drug-likeness (QED) is 0.665. The molecule has 14 heavy (non-hydrogen) atoms. The van der Waals surface area contributed by atoms with Crippen LogP contribution < -0.4 is 0 Å². The molecule has 0 aliphatic heterocycles. The van der Waals surface area contributed by atoms with Crippen molar-refractivity contribution in [1.29, 1.82) is 0 Å². The zero-order valence-electron chi connectivity index (χ0n) is 7.71. The summed E-state index contributed by atoms with van der Waals surface area (Å²) in [5.74, 6) is 0.750. The van der Waals surface area contributed by atoms with E-state index in [2.05, 4.69) is 9.97 Å². The van der Waals surface area contributed by atoms with Crippen LogP contribution in [0.1, 0.15) is 10.5 Å². The Morgan fingerprint density at radius 1 is 1.43 bits per heavy atom. The van der Waals surface area contributed by atoms with Crippen LogP contribution in [0.4, 0.5) is 0 Å². The molecule has 2 aromatic rings. The molecule has 2 rings (SSSR count). The molecule has 4 nitrogen and oxygen atoms in total. The molecule has 0 fully saturated rings. The minimum atomic E-state index is 0.559. The number of carbonyl (C=O) groups is 1. The molecule has 0 amide bonds. The Bertz CT molecular complexity index is 448. The second kappa shape index (κ2) is 3.41. The number of nitrogens with zero attached hydrogens (tertiary/aromatic N) is 3. The molecule has 0 N–H and O–H groups in total. The molecule has 0 aliphatic carbocycles. The standard InChI is InChI=1S/C10H9N3O/c1-13-9(7-14)6-12-10(13)8-3-2-4-11-5-8/h2-7H,1H3. The number of rotatable bonds is 2. The monoisotopic (exact) mass is 187 g/mol. The van der Waals surface area contributed by atoms with Gasteiger partial charge in [0.2, 0.25) is 0 Å². The van der Waals surface area contributed by atoms with Gasteiger partial charge in [0.1, 0.15) is 11.5 Å². The van der Waals surface area contributed by atoms with Crippen LogP contribution >= 0.6 is 0 Å².